The second kappa shape index (κ2) is 9.11. The lowest BCUT2D eigenvalue weighted by Crippen LogP contribution is -2.30. The van der Waals surface area contributed by atoms with E-state index in [1.807, 2.05) is 0 Å². The Bertz CT molecular complexity index is 351. The molecule has 1 aromatic carbocycles. The average Bonchev–Trinajstić information content (AvgIpc) is 2.43. The Morgan fingerprint density at radius 2 is 1.84 bits per heavy atom. The number of aryl methyl sites for hydroxylation is 1. The van der Waals surface area contributed by atoms with Gasteiger partial charge in [0.25, 0.3) is 0 Å². The van der Waals surface area contributed by atoms with Crippen molar-refractivity contribution in [3.63, 3.8) is 0 Å². The molecule has 2 heteroatoms. The van der Waals surface area contributed by atoms with Crippen molar-refractivity contribution in [2.45, 2.75) is 65.0 Å². The Morgan fingerprint density at radius 1 is 1.11 bits per heavy atom. The first-order chi connectivity index (χ1) is 9.20. The topological polar surface area (TPSA) is 35.2 Å². The largest absolute Gasteiger partial charge is 0.372 e. The van der Waals surface area contributed by atoms with Crippen LogP contribution in [-0.2, 0) is 4.74 Å². The van der Waals surface area contributed by atoms with Crippen molar-refractivity contribution in [1.29, 1.82) is 0 Å². The van der Waals surface area contributed by atoms with E-state index in [2.05, 4.69) is 45.0 Å². The van der Waals surface area contributed by atoms with Gasteiger partial charge in [-0.05, 0) is 30.9 Å². The van der Waals surface area contributed by atoms with Crippen LogP contribution in [0.15, 0.2) is 24.3 Å². The quantitative estimate of drug-likeness (QED) is 0.671. The molecule has 0 aliphatic carbocycles. The molecule has 0 spiro atoms. The van der Waals surface area contributed by atoms with Crippen LogP contribution in [0.2, 0.25) is 0 Å². The van der Waals surface area contributed by atoms with Gasteiger partial charge in [0.2, 0.25) is 0 Å². The second-order valence-electron chi connectivity index (χ2n) is 5.28. The third-order valence-corrected chi connectivity index (χ3v) is 3.65. The summed E-state index contributed by atoms with van der Waals surface area (Å²) in [5, 5.41) is 0. The Labute approximate surface area is 118 Å². The van der Waals surface area contributed by atoms with Crippen molar-refractivity contribution in [2.75, 3.05) is 6.61 Å². The summed E-state index contributed by atoms with van der Waals surface area (Å²) in [5.41, 5.74) is 8.75. The molecule has 1 rings (SSSR count). The van der Waals surface area contributed by atoms with Crippen LogP contribution in [0.4, 0.5) is 0 Å². The number of unbranched alkanes of at least 4 members (excludes halogenated alkanes) is 3. The molecule has 0 radical (unpaired) electrons. The Balaban J connectivity index is 2.60. The summed E-state index contributed by atoms with van der Waals surface area (Å²) < 4.78 is 6.08. The van der Waals surface area contributed by atoms with Crippen molar-refractivity contribution in [3.8, 4) is 0 Å². The normalized spacial score (nSPS) is 14.3. The maximum atomic E-state index is 6.23. The highest BCUT2D eigenvalue weighted by atomic mass is 16.5. The Hall–Kier alpha value is -0.860. The fourth-order valence-electron chi connectivity index (χ4n) is 2.30. The summed E-state index contributed by atoms with van der Waals surface area (Å²) in [7, 11) is 0. The highest BCUT2D eigenvalue weighted by Crippen LogP contribution is 2.25. The molecule has 2 nitrogen and oxygen atoms in total. The Morgan fingerprint density at radius 3 is 2.47 bits per heavy atom. The number of rotatable bonds is 9. The predicted molar refractivity (Wildman–Crippen MR) is 82.3 cm³/mol. The lowest BCUT2D eigenvalue weighted by Gasteiger charge is -2.25. The smallest absolute Gasteiger partial charge is 0.0978 e. The van der Waals surface area contributed by atoms with Crippen LogP contribution in [0.25, 0.3) is 0 Å². The molecule has 0 saturated carbocycles. The van der Waals surface area contributed by atoms with Gasteiger partial charge in [-0.1, -0.05) is 57.4 Å². The number of hydrogen-bond donors (Lipinski definition) is 1. The van der Waals surface area contributed by atoms with Gasteiger partial charge >= 0.3 is 0 Å². The van der Waals surface area contributed by atoms with E-state index in [1.165, 1.54) is 30.4 Å². The van der Waals surface area contributed by atoms with Crippen LogP contribution in [0.1, 0.15) is 63.2 Å². The molecule has 19 heavy (non-hydrogen) atoms. The summed E-state index contributed by atoms with van der Waals surface area (Å²) in [6.45, 7) is 7.29. The third-order valence-electron chi connectivity index (χ3n) is 3.65. The maximum absolute atomic E-state index is 6.23. The number of benzene rings is 1. The minimum Gasteiger partial charge on any atom is -0.372 e. The molecule has 2 atom stereocenters. The zero-order valence-corrected chi connectivity index (χ0v) is 12.7. The standard InChI is InChI=1S/C17H29NO/c1-4-6-7-10-13-19-17(16(18)5-2)15-12-9-8-11-14(15)3/h8-9,11-12,16-17H,4-7,10,13,18H2,1-3H3. The predicted octanol–water partition coefficient (Wildman–Crippen LogP) is 4.37. The van der Waals surface area contributed by atoms with E-state index in [4.69, 9.17) is 10.5 Å². The van der Waals surface area contributed by atoms with E-state index in [0.717, 1.165) is 19.4 Å². The van der Waals surface area contributed by atoms with Crippen LogP contribution in [0, 0.1) is 6.92 Å². The van der Waals surface area contributed by atoms with E-state index in [9.17, 15) is 0 Å². The highest BCUT2D eigenvalue weighted by molar-refractivity contribution is 5.28. The molecular weight excluding hydrogens is 234 g/mol. The minimum absolute atomic E-state index is 0.0350. The highest BCUT2D eigenvalue weighted by Gasteiger charge is 2.20. The number of hydrogen-bond acceptors (Lipinski definition) is 2. The van der Waals surface area contributed by atoms with Gasteiger partial charge in [0.15, 0.2) is 0 Å². The minimum atomic E-state index is 0.0350. The Kier molecular flexibility index (Phi) is 7.76. The molecule has 0 amide bonds. The first-order valence-electron chi connectivity index (χ1n) is 7.63. The third kappa shape index (κ3) is 5.33. The van der Waals surface area contributed by atoms with Gasteiger partial charge in [0.1, 0.15) is 0 Å². The first-order valence-corrected chi connectivity index (χ1v) is 7.63. The molecule has 0 saturated heterocycles. The molecule has 0 aliphatic heterocycles. The maximum Gasteiger partial charge on any atom is 0.0978 e. The van der Waals surface area contributed by atoms with E-state index < -0.39 is 0 Å². The van der Waals surface area contributed by atoms with Crippen molar-refractivity contribution >= 4 is 0 Å². The molecular formula is C17H29NO. The zero-order valence-electron chi connectivity index (χ0n) is 12.7. The van der Waals surface area contributed by atoms with Crippen molar-refractivity contribution in [3.05, 3.63) is 35.4 Å². The molecule has 2 N–H and O–H groups in total. The van der Waals surface area contributed by atoms with Crippen LogP contribution in [0.5, 0.6) is 0 Å². The summed E-state index contributed by atoms with van der Waals surface area (Å²) in [4.78, 5) is 0. The van der Waals surface area contributed by atoms with Crippen LogP contribution < -0.4 is 5.73 Å². The lowest BCUT2D eigenvalue weighted by molar-refractivity contribution is 0.0307. The van der Waals surface area contributed by atoms with Gasteiger partial charge in [-0.15, -0.1) is 0 Å². The van der Waals surface area contributed by atoms with Crippen molar-refractivity contribution in [1.82, 2.24) is 0 Å². The molecule has 0 fully saturated rings. The van der Waals surface area contributed by atoms with E-state index >= 15 is 0 Å². The second-order valence-corrected chi connectivity index (χ2v) is 5.28. The molecule has 0 aromatic heterocycles. The first kappa shape index (κ1) is 16.2. The summed E-state index contributed by atoms with van der Waals surface area (Å²) >= 11 is 0. The summed E-state index contributed by atoms with van der Waals surface area (Å²) in [5.74, 6) is 0. The molecule has 0 aliphatic rings. The van der Waals surface area contributed by atoms with Crippen LogP contribution in [0.3, 0.4) is 0 Å². The van der Waals surface area contributed by atoms with Crippen molar-refractivity contribution < 1.29 is 4.74 Å². The van der Waals surface area contributed by atoms with Gasteiger partial charge in [-0.25, -0.2) is 0 Å². The number of ether oxygens (including phenoxy) is 1. The zero-order chi connectivity index (χ0) is 14.1. The van der Waals surface area contributed by atoms with E-state index in [-0.39, 0.29) is 12.1 Å². The molecule has 0 heterocycles. The van der Waals surface area contributed by atoms with Gasteiger partial charge in [-0.3, -0.25) is 0 Å². The summed E-state index contributed by atoms with van der Waals surface area (Å²) in [6.07, 6.45) is 5.90. The molecule has 1 aromatic rings. The van der Waals surface area contributed by atoms with Gasteiger partial charge in [-0.2, -0.15) is 0 Å². The van der Waals surface area contributed by atoms with E-state index in [1.54, 1.807) is 0 Å². The molecule has 108 valence electrons. The lowest BCUT2D eigenvalue weighted by atomic mass is 9.97. The van der Waals surface area contributed by atoms with Gasteiger partial charge in [0.05, 0.1) is 6.10 Å². The molecule has 0 bridgehead atoms. The molecule has 2 unspecified atom stereocenters. The summed E-state index contributed by atoms with van der Waals surface area (Å²) in [6, 6.07) is 8.48. The van der Waals surface area contributed by atoms with Crippen LogP contribution in [-0.4, -0.2) is 12.6 Å². The van der Waals surface area contributed by atoms with Gasteiger partial charge < -0.3 is 10.5 Å². The SMILES string of the molecule is CCCCCCOC(c1ccccc1C)C(N)CC. The van der Waals surface area contributed by atoms with Gasteiger partial charge in [0, 0.05) is 12.6 Å². The van der Waals surface area contributed by atoms with E-state index in [0.29, 0.717) is 0 Å². The monoisotopic (exact) mass is 263 g/mol. The fourth-order valence-corrected chi connectivity index (χ4v) is 2.30. The average molecular weight is 263 g/mol. The fraction of sp³-hybridized carbons (Fsp3) is 0.647. The van der Waals surface area contributed by atoms with Crippen LogP contribution >= 0.6 is 0 Å². The van der Waals surface area contributed by atoms with Crippen molar-refractivity contribution in [2.24, 2.45) is 5.73 Å². The number of nitrogens with two attached hydrogens (primary N) is 1.